The molecule has 2 aromatic rings. The van der Waals surface area contributed by atoms with Crippen LogP contribution in [-0.2, 0) is 11.3 Å². The number of benzene rings is 1. The maximum atomic E-state index is 12.7. The molecule has 0 bridgehead atoms. The second-order valence-electron chi connectivity index (χ2n) is 7.82. The van der Waals surface area contributed by atoms with Crippen LogP contribution in [0.2, 0.25) is 0 Å². The highest BCUT2D eigenvalue weighted by Crippen LogP contribution is 2.19. The van der Waals surface area contributed by atoms with Crippen LogP contribution in [0.1, 0.15) is 29.5 Å². The molecule has 0 aliphatic rings. The maximum absolute atomic E-state index is 12.7. The Morgan fingerprint density at radius 3 is 2.62 bits per heavy atom. The van der Waals surface area contributed by atoms with E-state index in [1.54, 1.807) is 7.11 Å². The summed E-state index contributed by atoms with van der Waals surface area (Å²) in [6.07, 6.45) is 1.86. The van der Waals surface area contributed by atoms with Crippen LogP contribution in [0.5, 0.6) is 0 Å². The largest absolute Gasteiger partial charge is 0.385 e. The Morgan fingerprint density at radius 1 is 1.17 bits per heavy atom. The second-order valence-corrected chi connectivity index (χ2v) is 8.21. The van der Waals surface area contributed by atoms with Crippen LogP contribution >= 0.6 is 12.2 Å². The third kappa shape index (κ3) is 7.10. The number of hydrogen-bond acceptors (Lipinski definition) is 4. The van der Waals surface area contributed by atoms with Crippen molar-refractivity contribution in [1.82, 2.24) is 20.1 Å². The first-order valence-electron chi connectivity index (χ1n) is 10.1. The molecule has 0 fully saturated rings. The summed E-state index contributed by atoms with van der Waals surface area (Å²) in [7, 11) is 5.82. The minimum Gasteiger partial charge on any atom is -0.385 e. The Labute approximate surface area is 179 Å². The molecular weight excluding hydrogens is 384 g/mol. The zero-order valence-electron chi connectivity index (χ0n) is 18.3. The number of fused-ring (bicyclic) bond motifs is 1. The van der Waals surface area contributed by atoms with E-state index in [0.717, 1.165) is 60.1 Å². The Hall–Kier alpha value is -1.96. The van der Waals surface area contributed by atoms with Gasteiger partial charge < -0.3 is 24.8 Å². The number of ether oxygens (including phenoxy) is 1. The van der Waals surface area contributed by atoms with E-state index in [1.165, 1.54) is 0 Å². The number of nitrogens with one attached hydrogen (secondary N) is 2. The molecule has 0 saturated heterocycles. The SMILES string of the molecule is COCCCNC(=S)N(CCCN(C)C)Cc1cc2c(C)cc(C)cc2[nH]c1=O. The van der Waals surface area contributed by atoms with Crippen molar-refractivity contribution >= 4 is 28.2 Å². The van der Waals surface area contributed by atoms with E-state index in [4.69, 9.17) is 17.0 Å². The van der Waals surface area contributed by atoms with E-state index in [0.29, 0.717) is 18.3 Å². The number of pyridine rings is 1. The normalized spacial score (nSPS) is 11.2. The van der Waals surface area contributed by atoms with Gasteiger partial charge in [-0.05, 0) is 82.8 Å². The van der Waals surface area contributed by atoms with Crippen molar-refractivity contribution in [3.05, 3.63) is 45.2 Å². The molecule has 7 heteroatoms. The summed E-state index contributed by atoms with van der Waals surface area (Å²) in [6, 6.07) is 6.17. The fourth-order valence-corrected chi connectivity index (χ4v) is 3.65. The van der Waals surface area contributed by atoms with Crippen LogP contribution in [0.15, 0.2) is 23.0 Å². The Kier molecular flexibility index (Phi) is 9.07. The zero-order chi connectivity index (χ0) is 21.4. The lowest BCUT2D eigenvalue weighted by Gasteiger charge is -2.26. The summed E-state index contributed by atoms with van der Waals surface area (Å²) < 4.78 is 5.10. The molecule has 1 heterocycles. The molecule has 6 nitrogen and oxygen atoms in total. The first kappa shape index (κ1) is 23.3. The zero-order valence-corrected chi connectivity index (χ0v) is 19.1. The highest BCUT2D eigenvalue weighted by molar-refractivity contribution is 7.80. The van der Waals surface area contributed by atoms with Crippen molar-refractivity contribution in [3.63, 3.8) is 0 Å². The average Bonchev–Trinajstić information content (AvgIpc) is 2.64. The fourth-order valence-electron chi connectivity index (χ4n) is 3.39. The molecular formula is C22H34N4O2S. The van der Waals surface area contributed by atoms with Gasteiger partial charge in [-0.3, -0.25) is 4.79 Å². The molecule has 160 valence electrons. The van der Waals surface area contributed by atoms with Gasteiger partial charge in [-0.1, -0.05) is 6.07 Å². The van der Waals surface area contributed by atoms with Gasteiger partial charge in [0, 0.05) is 43.3 Å². The molecule has 0 aliphatic carbocycles. The van der Waals surface area contributed by atoms with E-state index >= 15 is 0 Å². The Bertz CT molecular complexity index is 879. The number of methoxy groups -OCH3 is 1. The van der Waals surface area contributed by atoms with Crippen molar-refractivity contribution in [2.24, 2.45) is 0 Å². The van der Waals surface area contributed by atoms with E-state index in [1.807, 2.05) is 19.1 Å². The molecule has 0 radical (unpaired) electrons. The topological polar surface area (TPSA) is 60.6 Å². The maximum Gasteiger partial charge on any atom is 0.253 e. The van der Waals surface area contributed by atoms with Crippen LogP contribution in [-0.4, -0.2) is 67.3 Å². The molecule has 0 unspecified atom stereocenters. The van der Waals surface area contributed by atoms with E-state index in [9.17, 15) is 4.79 Å². The minimum absolute atomic E-state index is 0.0534. The second kappa shape index (κ2) is 11.3. The summed E-state index contributed by atoms with van der Waals surface area (Å²) in [4.78, 5) is 20.0. The van der Waals surface area contributed by atoms with Gasteiger partial charge >= 0.3 is 0 Å². The molecule has 1 aromatic heterocycles. The smallest absolute Gasteiger partial charge is 0.253 e. The number of rotatable bonds is 10. The van der Waals surface area contributed by atoms with Crippen molar-refractivity contribution in [1.29, 1.82) is 0 Å². The molecule has 1 aromatic carbocycles. The number of nitrogens with zero attached hydrogens (tertiary/aromatic N) is 2. The van der Waals surface area contributed by atoms with Crippen LogP contribution in [0.25, 0.3) is 10.9 Å². The molecule has 0 saturated carbocycles. The number of H-pyrrole nitrogens is 1. The molecule has 0 atom stereocenters. The van der Waals surface area contributed by atoms with Gasteiger partial charge in [0.15, 0.2) is 5.11 Å². The van der Waals surface area contributed by atoms with Gasteiger partial charge in [0.1, 0.15) is 0 Å². The van der Waals surface area contributed by atoms with Crippen molar-refractivity contribution in [2.75, 3.05) is 47.4 Å². The number of aromatic amines is 1. The molecule has 29 heavy (non-hydrogen) atoms. The van der Waals surface area contributed by atoms with Gasteiger partial charge in [0.25, 0.3) is 5.56 Å². The van der Waals surface area contributed by atoms with Gasteiger partial charge in [0.2, 0.25) is 0 Å². The quantitative estimate of drug-likeness (QED) is 0.457. The van der Waals surface area contributed by atoms with Gasteiger partial charge in [-0.15, -0.1) is 0 Å². The van der Waals surface area contributed by atoms with Crippen LogP contribution in [0, 0.1) is 13.8 Å². The number of aryl methyl sites for hydroxylation is 2. The van der Waals surface area contributed by atoms with Crippen molar-refractivity contribution in [3.8, 4) is 0 Å². The van der Waals surface area contributed by atoms with Crippen LogP contribution < -0.4 is 10.9 Å². The number of hydrogen-bond donors (Lipinski definition) is 2. The summed E-state index contributed by atoms with van der Waals surface area (Å²) in [5.74, 6) is 0. The number of thiocarbonyl (C=S) groups is 1. The molecule has 2 N–H and O–H groups in total. The predicted molar refractivity (Wildman–Crippen MR) is 125 cm³/mol. The monoisotopic (exact) mass is 418 g/mol. The molecule has 0 spiro atoms. The minimum atomic E-state index is -0.0534. The van der Waals surface area contributed by atoms with Gasteiger partial charge in [0.05, 0.1) is 6.54 Å². The van der Waals surface area contributed by atoms with Crippen molar-refractivity contribution < 1.29 is 4.74 Å². The number of aromatic nitrogens is 1. The molecule has 2 rings (SSSR count). The summed E-state index contributed by atoms with van der Waals surface area (Å²) >= 11 is 5.63. The molecule has 0 aliphatic heterocycles. The first-order valence-corrected chi connectivity index (χ1v) is 10.5. The van der Waals surface area contributed by atoms with E-state index in [2.05, 4.69) is 47.2 Å². The lowest BCUT2D eigenvalue weighted by Crippen LogP contribution is -2.42. The van der Waals surface area contributed by atoms with Crippen LogP contribution in [0.3, 0.4) is 0 Å². The van der Waals surface area contributed by atoms with E-state index in [-0.39, 0.29) is 5.56 Å². The van der Waals surface area contributed by atoms with Gasteiger partial charge in [-0.25, -0.2) is 0 Å². The van der Waals surface area contributed by atoms with Crippen LogP contribution in [0.4, 0.5) is 0 Å². The van der Waals surface area contributed by atoms with Crippen molar-refractivity contribution in [2.45, 2.75) is 33.2 Å². The standard InChI is InChI=1S/C22H34N4O2S/c1-16-12-17(2)19-14-18(21(27)24-20(19)13-16)15-26(10-7-9-25(3)4)22(29)23-8-6-11-28-5/h12-14H,6-11,15H2,1-5H3,(H,23,29)(H,24,27). The fraction of sp³-hybridized carbons (Fsp3) is 0.545. The average molecular weight is 419 g/mol. The predicted octanol–water partition coefficient (Wildman–Crippen LogP) is 2.81. The highest BCUT2D eigenvalue weighted by atomic mass is 32.1. The third-order valence-corrected chi connectivity index (χ3v) is 5.28. The summed E-state index contributed by atoms with van der Waals surface area (Å²) in [6.45, 7) is 7.81. The van der Waals surface area contributed by atoms with E-state index < -0.39 is 0 Å². The summed E-state index contributed by atoms with van der Waals surface area (Å²) in [5, 5.41) is 5.06. The van der Waals surface area contributed by atoms with Gasteiger partial charge in [-0.2, -0.15) is 0 Å². The highest BCUT2D eigenvalue weighted by Gasteiger charge is 2.14. The lowest BCUT2D eigenvalue weighted by atomic mass is 10.0. The third-order valence-electron chi connectivity index (χ3n) is 4.87. The lowest BCUT2D eigenvalue weighted by molar-refractivity contribution is 0.195. The Morgan fingerprint density at radius 2 is 1.93 bits per heavy atom. The Balaban J connectivity index is 2.20. The summed E-state index contributed by atoms with van der Waals surface area (Å²) in [5.41, 5.74) is 3.87. The molecule has 0 amide bonds. The first-order chi connectivity index (χ1) is 13.8.